The number of hydrogen-bond acceptors (Lipinski definition) is 3. The largest absolute Gasteiger partial charge is 0.471 e. The van der Waals surface area contributed by atoms with Gasteiger partial charge in [-0.1, -0.05) is 6.07 Å². The molecule has 0 saturated carbocycles. The van der Waals surface area contributed by atoms with E-state index in [0.29, 0.717) is 12.5 Å². The van der Waals surface area contributed by atoms with Gasteiger partial charge in [0.15, 0.2) is 0 Å². The van der Waals surface area contributed by atoms with Gasteiger partial charge in [-0.05, 0) is 6.07 Å². The molecule has 0 atom stereocenters. The lowest BCUT2D eigenvalue weighted by Gasteiger charge is -2.04. The number of nitrogens with zero attached hydrogens (tertiary/aromatic N) is 3. The Labute approximate surface area is 82.2 Å². The molecule has 0 unspecified atom stereocenters. The molecule has 2 heterocycles. The number of rotatable bonds is 3. The van der Waals surface area contributed by atoms with E-state index in [1.807, 2.05) is 29.8 Å². The minimum atomic E-state index is 0.494. The number of aryl methyl sites for hydroxylation is 1. The first-order chi connectivity index (χ1) is 6.86. The van der Waals surface area contributed by atoms with Gasteiger partial charge in [0.25, 0.3) is 0 Å². The van der Waals surface area contributed by atoms with E-state index < -0.39 is 0 Å². The Hall–Kier alpha value is -1.84. The first-order valence-corrected chi connectivity index (χ1v) is 4.35. The second kappa shape index (κ2) is 3.91. The lowest BCUT2D eigenvalue weighted by Crippen LogP contribution is -2.01. The van der Waals surface area contributed by atoms with Crippen molar-refractivity contribution in [2.24, 2.45) is 7.05 Å². The molecule has 4 heteroatoms. The highest BCUT2D eigenvalue weighted by atomic mass is 16.5. The minimum absolute atomic E-state index is 0.494. The lowest BCUT2D eigenvalue weighted by molar-refractivity contribution is 0.285. The summed E-state index contributed by atoms with van der Waals surface area (Å²) in [6.45, 7) is 0.494. The first kappa shape index (κ1) is 8.74. The van der Waals surface area contributed by atoms with Crippen LogP contribution < -0.4 is 4.74 Å². The third kappa shape index (κ3) is 1.90. The van der Waals surface area contributed by atoms with Crippen LogP contribution >= 0.6 is 0 Å². The zero-order valence-corrected chi connectivity index (χ0v) is 7.92. The summed E-state index contributed by atoms with van der Waals surface area (Å²) in [4.78, 5) is 8.05. The fourth-order valence-electron chi connectivity index (χ4n) is 1.10. The van der Waals surface area contributed by atoms with Crippen molar-refractivity contribution in [3.8, 4) is 5.88 Å². The molecule has 14 heavy (non-hydrogen) atoms. The summed E-state index contributed by atoms with van der Waals surface area (Å²) in [6, 6.07) is 5.58. The summed E-state index contributed by atoms with van der Waals surface area (Å²) in [5.74, 6) is 0.633. The standard InChI is InChI=1S/C10H11N3O/c1-13-8-11-6-9(13)7-14-10-4-2-3-5-12-10/h2-6,8H,7H2,1H3. The topological polar surface area (TPSA) is 39.9 Å². The summed E-state index contributed by atoms with van der Waals surface area (Å²) >= 11 is 0. The van der Waals surface area contributed by atoms with Crippen LogP contribution in [0.4, 0.5) is 0 Å². The SMILES string of the molecule is Cn1cncc1COc1ccccn1. The Morgan fingerprint density at radius 3 is 3.00 bits per heavy atom. The molecule has 0 spiro atoms. The van der Waals surface area contributed by atoms with Crippen molar-refractivity contribution in [2.45, 2.75) is 6.61 Å². The Bertz CT molecular complexity index is 397. The van der Waals surface area contributed by atoms with E-state index in [2.05, 4.69) is 9.97 Å². The third-order valence-corrected chi connectivity index (χ3v) is 1.92. The van der Waals surface area contributed by atoms with Gasteiger partial charge >= 0.3 is 0 Å². The van der Waals surface area contributed by atoms with Crippen molar-refractivity contribution in [1.82, 2.24) is 14.5 Å². The van der Waals surface area contributed by atoms with Crippen molar-refractivity contribution >= 4 is 0 Å². The van der Waals surface area contributed by atoms with Crippen molar-refractivity contribution in [2.75, 3.05) is 0 Å². The van der Waals surface area contributed by atoms with Gasteiger partial charge in [-0.15, -0.1) is 0 Å². The van der Waals surface area contributed by atoms with Crippen molar-refractivity contribution < 1.29 is 4.74 Å². The molecule has 72 valence electrons. The maximum absolute atomic E-state index is 5.46. The molecule has 0 bridgehead atoms. The Morgan fingerprint density at radius 1 is 1.43 bits per heavy atom. The zero-order chi connectivity index (χ0) is 9.80. The number of aromatic nitrogens is 3. The van der Waals surface area contributed by atoms with Crippen molar-refractivity contribution in [1.29, 1.82) is 0 Å². The molecule has 0 fully saturated rings. The van der Waals surface area contributed by atoms with Gasteiger partial charge in [-0.3, -0.25) is 0 Å². The highest BCUT2D eigenvalue weighted by Gasteiger charge is 1.99. The Morgan fingerprint density at radius 2 is 2.36 bits per heavy atom. The summed E-state index contributed by atoms with van der Waals surface area (Å²) in [7, 11) is 1.93. The summed E-state index contributed by atoms with van der Waals surface area (Å²) < 4.78 is 7.38. The van der Waals surface area contributed by atoms with Crippen LogP contribution in [0.25, 0.3) is 0 Å². The van der Waals surface area contributed by atoms with E-state index in [0.717, 1.165) is 5.69 Å². The van der Waals surface area contributed by atoms with Gasteiger partial charge in [-0.25, -0.2) is 9.97 Å². The van der Waals surface area contributed by atoms with Crippen molar-refractivity contribution in [3.05, 3.63) is 42.6 Å². The van der Waals surface area contributed by atoms with E-state index in [-0.39, 0.29) is 0 Å². The summed E-state index contributed by atoms with van der Waals surface area (Å²) in [6.07, 6.45) is 5.23. The Balaban J connectivity index is 1.99. The quantitative estimate of drug-likeness (QED) is 0.732. The predicted octanol–water partition coefficient (Wildman–Crippen LogP) is 1.39. The fraction of sp³-hybridized carbons (Fsp3) is 0.200. The van der Waals surface area contributed by atoms with Crippen LogP contribution in [0.3, 0.4) is 0 Å². The minimum Gasteiger partial charge on any atom is -0.471 e. The predicted molar refractivity (Wildman–Crippen MR) is 51.8 cm³/mol. The molecule has 2 rings (SSSR count). The van der Waals surface area contributed by atoms with E-state index >= 15 is 0 Å². The van der Waals surface area contributed by atoms with Gasteiger partial charge in [0.2, 0.25) is 5.88 Å². The third-order valence-electron chi connectivity index (χ3n) is 1.92. The van der Waals surface area contributed by atoms with Gasteiger partial charge in [0, 0.05) is 19.3 Å². The number of hydrogen-bond donors (Lipinski definition) is 0. The molecule has 0 radical (unpaired) electrons. The molecule has 2 aromatic rings. The van der Waals surface area contributed by atoms with Crippen LogP contribution in [0.15, 0.2) is 36.9 Å². The van der Waals surface area contributed by atoms with Crippen LogP contribution in [0.1, 0.15) is 5.69 Å². The number of ether oxygens (including phenoxy) is 1. The van der Waals surface area contributed by atoms with Crippen LogP contribution in [0.2, 0.25) is 0 Å². The maximum atomic E-state index is 5.46. The maximum Gasteiger partial charge on any atom is 0.213 e. The highest BCUT2D eigenvalue weighted by molar-refractivity contribution is 5.10. The molecule has 0 N–H and O–H groups in total. The summed E-state index contributed by atoms with van der Waals surface area (Å²) in [5, 5.41) is 0. The monoisotopic (exact) mass is 189 g/mol. The molecule has 0 aromatic carbocycles. The van der Waals surface area contributed by atoms with Gasteiger partial charge in [0.05, 0.1) is 18.2 Å². The lowest BCUT2D eigenvalue weighted by atomic mass is 10.5. The average molecular weight is 189 g/mol. The van der Waals surface area contributed by atoms with Gasteiger partial charge in [-0.2, -0.15) is 0 Å². The molecule has 0 aliphatic carbocycles. The average Bonchev–Trinajstić information content (AvgIpc) is 2.63. The Kier molecular flexibility index (Phi) is 2.44. The molecular formula is C10H11N3O. The molecule has 2 aromatic heterocycles. The molecule has 0 aliphatic rings. The fourth-order valence-corrected chi connectivity index (χ4v) is 1.10. The highest BCUT2D eigenvalue weighted by Crippen LogP contribution is 2.06. The van der Waals surface area contributed by atoms with Crippen molar-refractivity contribution in [3.63, 3.8) is 0 Å². The normalized spacial score (nSPS) is 10.1. The van der Waals surface area contributed by atoms with Gasteiger partial charge < -0.3 is 9.30 Å². The van der Waals surface area contributed by atoms with E-state index in [1.165, 1.54) is 0 Å². The zero-order valence-electron chi connectivity index (χ0n) is 7.92. The number of imidazole rings is 1. The van der Waals surface area contributed by atoms with E-state index in [1.54, 1.807) is 18.7 Å². The second-order valence-corrected chi connectivity index (χ2v) is 2.95. The van der Waals surface area contributed by atoms with E-state index in [4.69, 9.17) is 4.74 Å². The molecule has 0 amide bonds. The molecule has 4 nitrogen and oxygen atoms in total. The molecule has 0 aliphatic heterocycles. The second-order valence-electron chi connectivity index (χ2n) is 2.95. The summed E-state index contributed by atoms with van der Waals surface area (Å²) in [5.41, 5.74) is 1.02. The van der Waals surface area contributed by atoms with Crippen LogP contribution in [0, 0.1) is 0 Å². The van der Waals surface area contributed by atoms with Crippen LogP contribution in [-0.2, 0) is 13.7 Å². The smallest absolute Gasteiger partial charge is 0.213 e. The van der Waals surface area contributed by atoms with Crippen LogP contribution in [-0.4, -0.2) is 14.5 Å². The van der Waals surface area contributed by atoms with Gasteiger partial charge in [0.1, 0.15) is 6.61 Å². The van der Waals surface area contributed by atoms with Crippen LogP contribution in [0.5, 0.6) is 5.88 Å². The van der Waals surface area contributed by atoms with E-state index in [9.17, 15) is 0 Å². The molecule has 0 saturated heterocycles. The number of pyridine rings is 1. The molecular weight excluding hydrogens is 178 g/mol. The first-order valence-electron chi connectivity index (χ1n) is 4.35.